The minimum Gasteiger partial charge on any atom is -0.379 e. The van der Waals surface area contributed by atoms with Gasteiger partial charge >= 0.3 is 0 Å². The van der Waals surface area contributed by atoms with Crippen molar-refractivity contribution < 1.29 is 14.3 Å². The number of anilines is 1. The van der Waals surface area contributed by atoms with E-state index in [-0.39, 0.29) is 5.91 Å². The minimum atomic E-state index is -0.480. The number of rotatable bonds is 10. The zero-order chi connectivity index (χ0) is 16.4. The Hall–Kier alpha value is -1.43. The Morgan fingerprint density at radius 2 is 2.00 bits per heavy atom. The largest absolute Gasteiger partial charge is 0.379 e. The highest BCUT2D eigenvalue weighted by Gasteiger charge is 2.15. The molecule has 1 rings (SSSR count). The van der Waals surface area contributed by atoms with Crippen molar-refractivity contribution in [3.05, 3.63) is 29.8 Å². The first-order chi connectivity index (χ1) is 10.5. The molecule has 0 fully saturated rings. The van der Waals surface area contributed by atoms with Gasteiger partial charge in [-0.3, -0.25) is 4.79 Å². The van der Waals surface area contributed by atoms with E-state index in [1.807, 2.05) is 45.0 Å². The summed E-state index contributed by atoms with van der Waals surface area (Å²) < 4.78 is 10.7. The Balaban J connectivity index is 2.44. The van der Waals surface area contributed by atoms with Crippen molar-refractivity contribution >= 4 is 11.6 Å². The van der Waals surface area contributed by atoms with E-state index in [0.717, 1.165) is 11.3 Å². The Labute approximate surface area is 133 Å². The van der Waals surface area contributed by atoms with Crippen molar-refractivity contribution in [2.75, 3.05) is 25.1 Å². The topological polar surface area (TPSA) is 73.6 Å². The van der Waals surface area contributed by atoms with Gasteiger partial charge in [-0.25, -0.2) is 0 Å². The summed E-state index contributed by atoms with van der Waals surface area (Å²) in [5, 5.41) is 2.85. The molecule has 1 aromatic carbocycles. The third-order valence-corrected chi connectivity index (χ3v) is 3.10. The lowest BCUT2D eigenvalue weighted by Crippen LogP contribution is -2.36. The highest BCUT2D eigenvalue weighted by atomic mass is 16.5. The number of nitrogens with two attached hydrogens (primary N) is 1. The Bertz CT molecular complexity index is 449. The lowest BCUT2D eigenvalue weighted by molar-refractivity contribution is -0.117. The van der Waals surface area contributed by atoms with Gasteiger partial charge in [0.1, 0.15) is 0 Å². The van der Waals surface area contributed by atoms with Crippen LogP contribution in [0, 0.1) is 5.92 Å². The van der Waals surface area contributed by atoms with Gasteiger partial charge in [-0.15, -0.1) is 0 Å². The van der Waals surface area contributed by atoms with Crippen LogP contribution >= 0.6 is 0 Å². The number of hydrogen-bond acceptors (Lipinski definition) is 4. The van der Waals surface area contributed by atoms with E-state index in [1.54, 1.807) is 0 Å². The zero-order valence-corrected chi connectivity index (χ0v) is 13.8. The van der Waals surface area contributed by atoms with Crippen LogP contribution in [-0.4, -0.2) is 31.8 Å². The number of carbonyl (C=O) groups is 1. The zero-order valence-electron chi connectivity index (χ0n) is 13.8. The molecule has 0 saturated heterocycles. The fourth-order valence-electron chi connectivity index (χ4n) is 2.04. The molecule has 0 bridgehead atoms. The fourth-order valence-corrected chi connectivity index (χ4v) is 2.04. The van der Waals surface area contributed by atoms with E-state index < -0.39 is 6.04 Å². The summed E-state index contributed by atoms with van der Waals surface area (Å²) in [7, 11) is 0. The Morgan fingerprint density at radius 3 is 2.68 bits per heavy atom. The maximum Gasteiger partial charge on any atom is 0.241 e. The molecule has 0 spiro atoms. The molecule has 0 aliphatic carbocycles. The molecule has 0 aliphatic heterocycles. The molecular weight excluding hydrogens is 280 g/mol. The van der Waals surface area contributed by atoms with Gasteiger partial charge in [0.05, 0.1) is 25.9 Å². The molecule has 0 radical (unpaired) electrons. The van der Waals surface area contributed by atoms with Crippen LogP contribution in [0.1, 0.15) is 32.8 Å². The Kier molecular flexibility index (Phi) is 8.74. The van der Waals surface area contributed by atoms with Crippen LogP contribution in [-0.2, 0) is 20.9 Å². The molecule has 3 N–H and O–H groups in total. The summed E-state index contributed by atoms with van der Waals surface area (Å²) in [5.74, 6) is 0.244. The van der Waals surface area contributed by atoms with Crippen LogP contribution in [0.3, 0.4) is 0 Å². The SMILES string of the molecule is CCOCCOCc1cccc(NC(=O)[C@@H](N)CC(C)C)c1. The van der Waals surface area contributed by atoms with Crippen molar-refractivity contribution in [2.45, 2.75) is 39.8 Å². The molecule has 1 atom stereocenters. The number of hydrogen-bond donors (Lipinski definition) is 2. The highest BCUT2D eigenvalue weighted by molar-refractivity contribution is 5.94. The van der Waals surface area contributed by atoms with E-state index >= 15 is 0 Å². The first-order valence-electron chi connectivity index (χ1n) is 7.83. The molecule has 22 heavy (non-hydrogen) atoms. The van der Waals surface area contributed by atoms with E-state index in [2.05, 4.69) is 5.32 Å². The van der Waals surface area contributed by atoms with Crippen LogP contribution in [0.5, 0.6) is 0 Å². The van der Waals surface area contributed by atoms with Crippen molar-refractivity contribution in [3.63, 3.8) is 0 Å². The molecule has 1 aromatic rings. The second-order valence-electron chi connectivity index (χ2n) is 5.68. The molecule has 0 heterocycles. The van der Waals surface area contributed by atoms with Gasteiger partial charge in [0.25, 0.3) is 0 Å². The summed E-state index contributed by atoms with van der Waals surface area (Å²) in [6, 6.07) is 7.13. The third-order valence-electron chi connectivity index (χ3n) is 3.10. The molecule has 124 valence electrons. The first-order valence-corrected chi connectivity index (χ1v) is 7.83. The summed E-state index contributed by atoms with van der Waals surface area (Å²) in [5.41, 5.74) is 7.63. The van der Waals surface area contributed by atoms with Gasteiger partial charge < -0.3 is 20.5 Å². The third kappa shape index (κ3) is 7.54. The van der Waals surface area contributed by atoms with Gasteiger partial charge in [-0.05, 0) is 37.0 Å². The molecule has 0 saturated carbocycles. The lowest BCUT2D eigenvalue weighted by atomic mass is 10.0. The second-order valence-corrected chi connectivity index (χ2v) is 5.68. The van der Waals surface area contributed by atoms with Crippen molar-refractivity contribution in [3.8, 4) is 0 Å². The summed E-state index contributed by atoms with van der Waals surface area (Å²) in [4.78, 5) is 12.0. The van der Waals surface area contributed by atoms with E-state index in [4.69, 9.17) is 15.2 Å². The standard InChI is InChI=1S/C17H28N2O3/c1-4-21-8-9-22-12-14-6-5-7-15(11-14)19-17(20)16(18)10-13(2)3/h5-7,11,13,16H,4,8-10,12,18H2,1-3H3,(H,19,20)/t16-/m0/s1. The number of carbonyl (C=O) groups excluding carboxylic acids is 1. The van der Waals surface area contributed by atoms with Crippen molar-refractivity contribution in [1.29, 1.82) is 0 Å². The van der Waals surface area contributed by atoms with Crippen LogP contribution in [0.4, 0.5) is 5.69 Å². The molecule has 0 aromatic heterocycles. The van der Waals surface area contributed by atoms with Crippen molar-refractivity contribution in [2.24, 2.45) is 11.7 Å². The maximum atomic E-state index is 12.0. The van der Waals surface area contributed by atoms with Crippen LogP contribution in [0.25, 0.3) is 0 Å². The Morgan fingerprint density at radius 1 is 1.27 bits per heavy atom. The van der Waals surface area contributed by atoms with Crippen LogP contribution in [0.2, 0.25) is 0 Å². The van der Waals surface area contributed by atoms with E-state index in [1.165, 1.54) is 0 Å². The molecule has 5 nitrogen and oxygen atoms in total. The van der Waals surface area contributed by atoms with E-state index in [9.17, 15) is 4.79 Å². The molecule has 0 aliphatic rings. The predicted octanol–water partition coefficient (Wildman–Crippen LogP) is 2.55. The maximum absolute atomic E-state index is 12.0. The summed E-state index contributed by atoms with van der Waals surface area (Å²) in [6.45, 7) is 8.40. The predicted molar refractivity (Wildman–Crippen MR) is 88.7 cm³/mol. The smallest absolute Gasteiger partial charge is 0.241 e. The number of ether oxygens (including phenoxy) is 2. The van der Waals surface area contributed by atoms with Gasteiger partial charge in [0.2, 0.25) is 5.91 Å². The van der Waals surface area contributed by atoms with Crippen molar-refractivity contribution in [1.82, 2.24) is 0 Å². The average molecular weight is 308 g/mol. The minimum absolute atomic E-state index is 0.150. The fraction of sp³-hybridized carbons (Fsp3) is 0.588. The second kappa shape index (κ2) is 10.3. The van der Waals surface area contributed by atoms with Gasteiger partial charge in [0.15, 0.2) is 0 Å². The molecule has 0 unspecified atom stereocenters. The van der Waals surface area contributed by atoms with Gasteiger partial charge in [-0.2, -0.15) is 0 Å². The number of nitrogens with one attached hydrogen (secondary N) is 1. The van der Waals surface area contributed by atoms with Crippen LogP contribution < -0.4 is 11.1 Å². The highest BCUT2D eigenvalue weighted by Crippen LogP contribution is 2.13. The molecular formula is C17H28N2O3. The first kappa shape index (κ1) is 18.6. The average Bonchev–Trinajstić information content (AvgIpc) is 2.46. The van der Waals surface area contributed by atoms with Gasteiger partial charge in [-0.1, -0.05) is 26.0 Å². The quantitative estimate of drug-likeness (QED) is 0.652. The molecule has 1 amide bonds. The summed E-state index contributed by atoms with van der Waals surface area (Å²) >= 11 is 0. The summed E-state index contributed by atoms with van der Waals surface area (Å²) in [6.07, 6.45) is 0.673. The monoisotopic (exact) mass is 308 g/mol. The number of amides is 1. The molecule has 5 heteroatoms. The van der Waals surface area contributed by atoms with Gasteiger partial charge in [0, 0.05) is 12.3 Å². The normalized spacial score (nSPS) is 12.4. The lowest BCUT2D eigenvalue weighted by Gasteiger charge is -2.14. The number of benzene rings is 1. The van der Waals surface area contributed by atoms with Crippen LogP contribution in [0.15, 0.2) is 24.3 Å². The van der Waals surface area contributed by atoms with E-state index in [0.29, 0.717) is 38.8 Å².